The fourth-order valence-corrected chi connectivity index (χ4v) is 5.59. The smallest absolute Gasteiger partial charge is 0.305 e. The molecule has 0 unspecified atom stereocenters. The summed E-state index contributed by atoms with van der Waals surface area (Å²) < 4.78 is 5.33. The molecule has 1 amide bonds. The minimum atomic E-state index is -0.0859. The number of amides is 1. The van der Waals surface area contributed by atoms with E-state index in [0.717, 1.165) is 25.7 Å². The number of unbranched alkanes of at least 4 members (excludes halogenated alkanes) is 26. The van der Waals surface area contributed by atoms with Crippen LogP contribution in [-0.4, -0.2) is 25.0 Å². The standard InChI is InChI=1S/C37H73NO3.ClH.H3N/c1-3-5-7-9-11-13-15-17-18-20-21-23-25-27-29-32-36(39)38-34-31-35-41-37(40)33-30-28-26-24-22-19-16-14-12-10-8-6-4-2;;/h3-35H2,1-2H3,(H,38,39);1H;1H3. The minimum absolute atomic E-state index is 0. The second kappa shape index (κ2) is 41.2. The molecule has 0 aromatic rings. The highest BCUT2D eigenvalue weighted by Crippen LogP contribution is 2.15. The van der Waals surface area contributed by atoms with E-state index >= 15 is 0 Å². The first-order valence-corrected chi connectivity index (χ1v) is 18.6. The van der Waals surface area contributed by atoms with Gasteiger partial charge in [0.1, 0.15) is 0 Å². The summed E-state index contributed by atoms with van der Waals surface area (Å²) in [6.45, 7) is 5.57. The van der Waals surface area contributed by atoms with Gasteiger partial charge in [0.15, 0.2) is 0 Å². The number of halogens is 1. The summed E-state index contributed by atoms with van der Waals surface area (Å²) in [6.07, 6.45) is 39.0. The van der Waals surface area contributed by atoms with E-state index in [2.05, 4.69) is 19.2 Å². The maximum absolute atomic E-state index is 12.0. The van der Waals surface area contributed by atoms with Gasteiger partial charge in [-0.25, -0.2) is 0 Å². The van der Waals surface area contributed by atoms with Gasteiger partial charge >= 0.3 is 5.97 Å². The van der Waals surface area contributed by atoms with Gasteiger partial charge in [0, 0.05) is 19.4 Å². The van der Waals surface area contributed by atoms with Gasteiger partial charge in [-0.1, -0.05) is 181 Å². The highest BCUT2D eigenvalue weighted by Gasteiger charge is 2.04. The zero-order valence-electron chi connectivity index (χ0n) is 29.4. The Labute approximate surface area is 275 Å². The number of hydrogen-bond acceptors (Lipinski definition) is 3. The molecule has 43 heavy (non-hydrogen) atoms. The number of ether oxygens (including phenoxy) is 1. The summed E-state index contributed by atoms with van der Waals surface area (Å²) in [7, 11) is 0. The van der Waals surface area contributed by atoms with Crippen molar-refractivity contribution in [3.8, 4) is 0 Å². The van der Waals surface area contributed by atoms with Gasteiger partial charge in [0.25, 0.3) is 0 Å². The molecule has 0 aliphatic carbocycles. The average molecular weight is 633 g/mol. The van der Waals surface area contributed by atoms with Gasteiger partial charge in [-0.05, 0) is 19.3 Å². The summed E-state index contributed by atoms with van der Waals surface area (Å²) >= 11 is 0. The lowest BCUT2D eigenvalue weighted by molar-refractivity contribution is -0.143. The predicted molar refractivity (Wildman–Crippen MR) is 184 cm³/mol. The Balaban J connectivity index is -0.00000800. The molecular formula is C37H77ClN2O3. The Morgan fingerprint density at radius 2 is 0.744 bits per heavy atom. The zero-order valence-corrected chi connectivity index (χ0v) is 30.2. The molecule has 0 aromatic carbocycles. The van der Waals surface area contributed by atoms with E-state index < -0.39 is 0 Å². The lowest BCUT2D eigenvalue weighted by Gasteiger charge is -2.07. The fraction of sp³-hybridized carbons (Fsp3) is 0.946. The van der Waals surface area contributed by atoms with Gasteiger partial charge in [0.2, 0.25) is 5.91 Å². The third kappa shape index (κ3) is 41.2. The largest absolute Gasteiger partial charge is 1.00 e. The highest BCUT2D eigenvalue weighted by molar-refractivity contribution is 5.75. The van der Waals surface area contributed by atoms with Crippen LogP contribution in [0.2, 0.25) is 0 Å². The molecule has 0 atom stereocenters. The van der Waals surface area contributed by atoms with Gasteiger partial charge in [-0.3, -0.25) is 9.59 Å². The van der Waals surface area contributed by atoms with Crippen LogP contribution in [0.5, 0.6) is 0 Å². The number of carbonyl (C=O) groups is 2. The van der Waals surface area contributed by atoms with Crippen LogP contribution in [0, 0.1) is 0 Å². The predicted octanol–water partition coefficient (Wildman–Crippen LogP) is 9.16. The van der Waals surface area contributed by atoms with Crippen LogP contribution in [0.25, 0.3) is 0 Å². The molecule has 260 valence electrons. The van der Waals surface area contributed by atoms with Crippen LogP contribution >= 0.6 is 0 Å². The third-order valence-electron chi connectivity index (χ3n) is 8.40. The second-order valence-electron chi connectivity index (χ2n) is 12.6. The van der Waals surface area contributed by atoms with Crippen LogP contribution in [-0.2, 0) is 14.3 Å². The first-order valence-electron chi connectivity index (χ1n) is 18.6. The molecule has 5 N–H and O–H groups in total. The lowest BCUT2D eigenvalue weighted by Crippen LogP contribution is -3.00. The molecule has 0 aliphatic heterocycles. The molecule has 0 rings (SSSR count). The van der Waals surface area contributed by atoms with Crippen molar-refractivity contribution in [3.05, 3.63) is 0 Å². The normalized spacial score (nSPS) is 10.7. The summed E-state index contributed by atoms with van der Waals surface area (Å²) in [4.78, 5) is 23.9. The van der Waals surface area contributed by atoms with Crippen LogP contribution in [0.15, 0.2) is 0 Å². The maximum atomic E-state index is 12.0. The SMILES string of the molecule is CCCCCCCCCCCCCCCCCC(=O)NCCCOC(=O)CCCCCCCCCCCCCCC.[Cl-].[NH4+]. The van der Waals surface area contributed by atoms with Crippen molar-refractivity contribution in [2.24, 2.45) is 0 Å². The van der Waals surface area contributed by atoms with Crippen molar-refractivity contribution in [2.75, 3.05) is 13.2 Å². The van der Waals surface area contributed by atoms with Crippen molar-refractivity contribution in [1.82, 2.24) is 11.5 Å². The van der Waals surface area contributed by atoms with E-state index in [-0.39, 0.29) is 30.4 Å². The molecule has 0 spiro atoms. The molecule has 0 saturated heterocycles. The van der Waals surface area contributed by atoms with E-state index in [1.807, 2.05) is 0 Å². The average Bonchev–Trinajstić information content (AvgIpc) is 2.97. The van der Waals surface area contributed by atoms with Gasteiger partial charge in [-0.15, -0.1) is 0 Å². The molecule has 0 fully saturated rings. The van der Waals surface area contributed by atoms with E-state index in [1.54, 1.807) is 0 Å². The van der Waals surface area contributed by atoms with Crippen molar-refractivity contribution in [2.45, 2.75) is 213 Å². The van der Waals surface area contributed by atoms with Gasteiger partial charge in [-0.2, -0.15) is 0 Å². The van der Waals surface area contributed by atoms with Crippen molar-refractivity contribution in [3.63, 3.8) is 0 Å². The van der Waals surface area contributed by atoms with Crippen LogP contribution in [0.4, 0.5) is 0 Å². The van der Waals surface area contributed by atoms with Crippen LogP contribution in [0.3, 0.4) is 0 Å². The van der Waals surface area contributed by atoms with Crippen molar-refractivity contribution < 1.29 is 26.7 Å². The molecule has 0 radical (unpaired) electrons. The molecule has 0 heterocycles. The summed E-state index contributed by atoms with van der Waals surface area (Å²) in [5, 5.41) is 2.97. The van der Waals surface area contributed by atoms with Gasteiger partial charge < -0.3 is 28.6 Å². The van der Waals surface area contributed by atoms with E-state index in [4.69, 9.17) is 4.74 Å². The molecular weight excluding hydrogens is 556 g/mol. The number of hydrogen-bond donors (Lipinski definition) is 2. The Hall–Kier alpha value is -0.810. The Kier molecular flexibility index (Phi) is 44.6. The number of nitrogens with one attached hydrogen (secondary N) is 1. The zero-order chi connectivity index (χ0) is 29.9. The monoisotopic (exact) mass is 633 g/mol. The Bertz CT molecular complexity index is 548. The molecule has 5 nitrogen and oxygen atoms in total. The quantitative estimate of drug-likeness (QED) is 0.0547. The molecule has 6 heteroatoms. The number of carbonyl (C=O) groups excluding carboxylic acids is 2. The topological polar surface area (TPSA) is 91.9 Å². The summed E-state index contributed by atoms with van der Waals surface area (Å²) in [6, 6.07) is 0. The van der Waals surface area contributed by atoms with Gasteiger partial charge in [0.05, 0.1) is 6.61 Å². The van der Waals surface area contributed by atoms with Crippen LogP contribution in [0.1, 0.15) is 213 Å². The first-order chi connectivity index (χ1) is 20.2. The summed E-state index contributed by atoms with van der Waals surface area (Å²) in [5.41, 5.74) is 0. The fourth-order valence-electron chi connectivity index (χ4n) is 5.59. The van der Waals surface area contributed by atoms with E-state index in [1.165, 1.54) is 154 Å². The number of rotatable bonds is 34. The molecule has 0 aromatic heterocycles. The lowest BCUT2D eigenvalue weighted by atomic mass is 10.0. The van der Waals surface area contributed by atoms with Crippen molar-refractivity contribution in [1.29, 1.82) is 0 Å². The minimum Gasteiger partial charge on any atom is -1.00 e. The number of quaternary nitrogens is 1. The third-order valence-corrected chi connectivity index (χ3v) is 8.40. The van der Waals surface area contributed by atoms with E-state index in [9.17, 15) is 9.59 Å². The Morgan fingerprint density at radius 3 is 1.09 bits per heavy atom. The summed E-state index contributed by atoms with van der Waals surface area (Å²) in [5.74, 6) is 0.0511. The Morgan fingerprint density at radius 1 is 0.442 bits per heavy atom. The number of esters is 1. The van der Waals surface area contributed by atoms with Crippen LogP contribution < -0.4 is 23.9 Å². The highest BCUT2D eigenvalue weighted by atomic mass is 35.5. The van der Waals surface area contributed by atoms with Crippen molar-refractivity contribution >= 4 is 11.9 Å². The molecule has 0 aliphatic rings. The first kappa shape index (κ1) is 46.6. The molecule has 0 bridgehead atoms. The van der Waals surface area contributed by atoms with E-state index in [0.29, 0.717) is 32.4 Å². The molecule has 0 saturated carbocycles. The maximum Gasteiger partial charge on any atom is 0.305 e. The second-order valence-corrected chi connectivity index (χ2v) is 12.6.